The SMILES string of the molecule is CC(C)(C)[Si](C)(C)Oc1cc(OS(=O)(=O)C(F)(F)F)cc2ccc(F)cc12. The fourth-order valence-corrected chi connectivity index (χ4v) is 3.47. The van der Waals surface area contributed by atoms with E-state index in [4.69, 9.17) is 4.43 Å². The molecule has 27 heavy (non-hydrogen) atoms. The van der Waals surface area contributed by atoms with Crippen LogP contribution in [0.5, 0.6) is 11.5 Å². The van der Waals surface area contributed by atoms with Crippen molar-refractivity contribution >= 4 is 29.2 Å². The Morgan fingerprint density at radius 1 is 1.00 bits per heavy atom. The molecule has 0 N–H and O–H groups in total. The molecule has 0 aliphatic heterocycles. The average molecular weight is 424 g/mol. The monoisotopic (exact) mass is 424 g/mol. The Labute approximate surface area is 156 Å². The number of hydrogen-bond donors (Lipinski definition) is 0. The summed E-state index contributed by atoms with van der Waals surface area (Å²) in [7, 11) is -8.28. The van der Waals surface area contributed by atoms with Gasteiger partial charge in [0.2, 0.25) is 0 Å². The van der Waals surface area contributed by atoms with Crippen LogP contribution in [-0.4, -0.2) is 22.2 Å². The van der Waals surface area contributed by atoms with E-state index in [-0.39, 0.29) is 10.8 Å². The highest BCUT2D eigenvalue weighted by Gasteiger charge is 2.48. The van der Waals surface area contributed by atoms with E-state index in [0.29, 0.717) is 10.8 Å². The van der Waals surface area contributed by atoms with Crippen LogP contribution in [0.4, 0.5) is 17.6 Å². The van der Waals surface area contributed by atoms with Gasteiger partial charge in [-0.05, 0) is 41.7 Å². The maximum absolute atomic E-state index is 13.7. The quantitative estimate of drug-likeness (QED) is 0.278. The highest BCUT2D eigenvalue weighted by atomic mass is 32.2. The maximum Gasteiger partial charge on any atom is 0.534 e. The molecule has 150 valence electrons. The predicted octanol–water partition coefficient (Wildman–Crippen LogP) is 5.59. The van der Waals surface area contributed by atoms with Crippen LogP contribution in [0.25, 0.3) is 10.8 Å². The lowest BCUT2D eigenvalue weighted by atomic mass is 10.1. The summed E-state index contributed by atoms with van der Waals surface area (Å²) in [6.45, 7) is 9.67. The van der Waals surface area contributed by atoms with Crippen molar-refractivity contribution in [1.29, 1.82) is 0 Å². The van der Waals surface area contributed by atoms with Crippen molar-refractivity contribution in [3.8, 4) is 11.5 Å². The van der Waals surface area contributed by atoms with Crippen molar-refractivity contribution in [2.75, 3.05) is 0 Å². The van der Waals surface area contributed by atoms with Crippen LogP contribution < -0.4 is 8.61 Å². The lowest BCUT2D eigenvalue weighted by Crippen LogP contribution is -2.43. The van der Waals surface area contributed by atoms with Crippen LogP contribution in [0.15, 0.2) is 30.3 Å². The fourth-order valence-electron chi connectivity index (χ4n) is 2.00. The van der Waals surface area contributed by atoms with Crippen molar-refractivity contribution in [3.63, 3.8) is 0 Å². The molecule has 0 amide bonds. The largest absolute Gasteiger partial charge is 0.543 e. The summed E-state index contributed by atoms with van der Waals surface area (Å²) in [5, 5.41) is 0.359. The first-order chi connectivity index (χ1) is 12.0. The summed E-state index contributed by atoms with van der Waals surface area (Å²) in [5.41, 5.74) is -5.56. The molecule has 0 heterocycles. The number of halogens is 4. The van der Waals surface area contributed by atoms with Gasteiger partial charge in [-0.1, -0.05) is 26.8 Å². The van der Waals surface area contributed by atoms with Gasteiger partial charge in [0, 0.05) is 11.5 Å². The van der Waals surface area contributed by atoms with Gasteiger partial charge in [-0.15, -0.1) is 0 Å². The molecule has 0 aliphatic rings. The molecular weight excluding hydrogens is 404 g/mol. The fraction of sp³-hybridized carbons (Fsp3) is 0.412. The Kier molecular flexibility index (Phi) is 5.30. The summed E-state index contributed by atoms with van der Waals surface area (Å²) in [5.74, 6) is -1.04. The van der Waals surface area contributed by atoms with Gasteiger partial charge in [0.1, 0.15) is 17.3 Å². The van der Waals surface area contributed by atoms with E-state index < -0.39 is 35.5 Å². The minimum Gasteiger partial charge on any atom is -0.543 e. The Morgan fingerprint density at radius 2 is 1.59 bits per heavy atom. The molecule has 4 nitrogen and oxygen atoms in total. The Bertz CT molecular complexity index is 963. The van der Waals surface area contributed by atoms with Gasteiger partial charge in [0.15, 0.2) is 0 Å². The first-order valence-corrected chi connectivity index (χ1v) is 12.3. The number of benzene rings is 2. The minimum atomic E-state index is -5.83. The van der Waals surface area contributed by atoms with Crippen LogP contribution in [0, 0.1) is 5.82 Å². The van der Waals surface area contributed by atoms with Gasteiger partial charge < -0.3 is 8.61 Å². The highest BCUT2D eigenvalue weighted by Crippen LogP contribution is 2.41. The maximum atomic E-state index is 13.7. The molecule has 0 saturated carbocycles. The van der Waals surface area contributed by atoms with Gasteiger partial charge in [0.25, 0.3) is 8.32 Å². The van der Waals surface area contributed by atoms with Crippen LogP contribution in [0.1, 0.15) is 20.8 Å². The van der Waals surface area contributed by atoms with Gasteiger partial charge in [-0.3, -0.25) is 0 Å². The minimum absolute atomic E-state index is 0.0750. The zero-order valence-corrected chi connectivity index (χ0v) is 17.3. The predicted molar refractivity (Wildman–Crippen MR) is 97.3 cm³/mol. The Hall–Kier alpha value is -1.81. The van der Waals surface area contributed by atoms with E-state index >= 15 is 0 Å². The molecular formula is C17H20F4O4SSi. The third kappa shape index (κ3) is 4.54. The molecule has 0 bridgehead atoms. The second-order valence-electron chi connectivity index (χ2n) is 7.63. The Morgan fingerprint density at radius 3 is 2.11 bits per heavy atom. The van der Waals surface area contributed by atoms with Crippen LogP contribution in [0.2, 0.25) is 18.1 Å². The molecule has 0 aliphatic carbocycles. The molecule has 0 saturated heterocycles. The van der Waals surface area contributed by atoms with E-state index in [1.165, 1.54) is 12.1 Å². The molecule has 0 spiro atoms. The molecule has 0 radical (unpaired) electrons. The van der Waals surface area contributed by atoms with Gasteiger partial charge >= 0.3 is 15.6 Å². The Balaban J connectivity index is 2.62. The zero-order chi connectivity index (χ0) is 20.8. The zero-order valence-electron chi connectivity index (χ0n) is 15.4. The number of alkyl halides is 3. The van der Waals surface area contributed by atoms with Gasteiger partial charge in [-0.2, -0.15) is 21.6 Å². The van der Waals surface area contributed by atoms with E-state index in [0.717, 1.165) is 18.2 Å². The number of rotatable bonds is 4. The van der Waals surface area contributed by atoms with E-state index in [2.05, 4.69) is 4.18 Å². The summed E-state index contributed by atoms with van der Waals surface area (Å²) in [4.78, 5) is 0. The van der Waals surface area contributed by atoms with Crippen LogP contribution >= 0.6 is 0 Å². The first kappa shape index (κ1) is 21.5. The molecule has 0 atom stereocenters. The molecule has 2 aromatic rings. The van der Waals surface area contributed by atoms with E-state index in [1.807, 2.05) is 33.9 Å². The van der Waals surface area contributed by atoms with Crippen molar-refractivity contribution in [3.05, 3.63) is 36.1 Å². The molecule has 2 rings (SSSR count). The van der Waals surface area contributed by atoms with Gasteiger partial charge in [0.05, 0.1) is 0 Å². The second kappa shape index (κ2) is 6.66. The van der Waals surface area contributed by atoms with E-state index in [9.17, 15) is 26.0 Å². The average Bonchev–Trinajstić information content (AvgIpc) is 2.44. The second-order valence-corrected chi connectivity index (χ2v) is 13.9. The molecule has 0 aromatic heterocycles. The summed E-state index contributed by atoms with van der Waals surface area (Å²) in [6.07, 6.45) is 0. The number of fused-ring (bicyclic) bond motifs is 1. The molecule has 2 aromatic carbocycles. The third-order valence-corrected chi connectivity index (χ3v) is 9.83. The summed E-state index contributed by atoms with van der Waals surface area (Å²) < 4.78 is 84.6. The van der Waals surface area contributed by atoms with E-state index in [1.54, 1.807) is 0 Å². The first-order valence-electron chi connectivity index (χ1n) is 7.97. The van der Waals surface area contributed by atoms with Crippen LogP contribution in [0.3, 0.4) is 0 Å². The number of hydrogen-bond acceptors (Lipinski definition) is 4. The van der Waals surface area contributed by atoms with Crippen LogP contribution in [-0.2, 0) is 10.1 Å². The summed E-state index contributed by atoms with van der Waals surface area (Å²) >= 11 is 0. The lowest BCUT2D eigenvalue weighted by molar-refractivity contribution is -0.0500. The molecule has 0 unspecified atom stereocenters. The summed E-state index contributed by atoms with van der Waals surface area (Å²) in [6, 6.07) is 5.75. The normalized spacial score (nSPS) is 13.7. The lowest BCUT2D eigenvalue weighted by Gasteiger charge is -2.36. The highest BCUT2D eigenvalue weighted by molar-refractivity contribution is 7.88. The van der Waals surface area contributed by atoms with Gasteiger partial charge in [-0.25, -0.2) is 4.39 Å². The van der Waals surface area contributed by atoms with Crippen molar-refractivity contribution in [2.24, 2.45) is 0 Å². The third-order valence-electron chi connectivity index (χ3n) is 4.51. The molecule has 10 heteroatoms. The molecule has 0 fully saturated rings. The smallest absolute Gasteiger partial charge is 0.534 e. The van der Waals surface area contributed by atoms with Crippen molar-refractivity contribution in [2.45, 2.75) is 44.4 Å². The standard InChI is InChI=1S/C17H20F4O4SSi/c1-16(2,3)27(4,5)25-15-10-13(24-26(22,23)17(19,20)21)8-11-6-7-12(18)9-14(11)15/h6-10H,1-5H3. The topological polar surface area (TPSA) is 52.6 Å². The van der Waals surface area contributed by atoms with Crippen molar-refractivity contribution in [1.82, 2.24) is 0 Å². The van der Waals surface area contributed by atoms with Crippen molar-refractivity contribution < 1.29 is 34.6 Å².